The third kappa shape index (κ3) is 4.05. The molecule has 1 heterocycles. The van der Waals surface area contributed by atoms with Gasteiger partial charge in [0.15, 0.2) is 4.34 Å². The average molecular weight is 216 g/mol. The second-order valence-electron chi connectivity index (χ2n) is 2.14. The predicted octanol–water partition coefficient (Wildman–Crippen LogP) is 1.58. The molecule has 1 aromatic rings. The van der Waals surface area contributed by atoms with Crippen molar-refractivity contribution in [3.8, 4) is 0 Å². The first-order chi connectivity index (χ1) is 6.18. The van der Waals surface area contributed by atoms with Gasteiger partial charge in [0.25, 0.3) is 0 Å². The third-order valence-electron chi connectivity index (χ3n) is 1.07. The maximum Gasteiger partial charge on any atom is 0.328 e. The van der Waals surface area contributed by atoms with Crippen LogP contribution in [-0.4, -0.2) is 27.0 Å². The van der Waals surface area contributed by atoms with Gasteiger partial charge in [0.05, 0.1) is 0 Å². The Morgan fingerprint density at radius 2 is 2.46 bits per heavy atom. The van der Waals surface area contributed by atoms with Gasteiger partial charge in [-0.3, -0.25) is 0 Å². The van der Waals surface area contributed by atoms with E-state index in [1.54, 1.807) is 6.08 Å². The zero-order valence-corrected chi connectivity index (χ0v) is 8.56. The van der Waals surface area contributed by atoms with Crippen LogP contribution in [0.5, 0.6) is 0 Å². The largest absolute Gasteiger partial charge is 0.478 e. The molecule has 1 rings (SSSR count). The van der Waals surface area contributed by atoms with E-state index < -0.39 is 5.97 Å². The molecule has 0 spiro atoms. The second-order valence-corrected chi connectivity index (χ2v) is 4.59. The van der Waals surface area contributed by atoms with Crippen molar-refractivity contribution in [3.05, 3.63) is 17.2 Å². The minimum Gasteiger partial charge on any atom is -0.478 e. The Kier molecular flexibility index (Phi) is 3.91. The van der Waals surface area contributed by atoms with Crippen LogP contribution < -0.4 is 0 Å². The first kappa shape index (κ1) is 10.2. The third-order valence-corrected chi connectivity index (χ3v) is 3.00. The van der Waals surface area contributed by atoms with Gasteiger partial charge in [0.2, 0.25) is 0 Å². The molecule has 6 heteroatoms. The van der Waals surface area contributed by atoms with Crippen LogP contribution in [0.15, 0.2) is 16.5 Å². The molecule has 0 atom stereocenters. The van der Waals surface area contributed by atoms with Crippen LogP contribution >= 0.6 is 23.1 Å². The number of aliphatic carboxylic acids is 1. The molecule has 0 unspecified atom stereocenters. The smallest absolute Gasteiger partial charge is 0.328 e. The van der Waals surface area contributed by atoms with Gasteiger partial charge in [-0.15, -0.1) is 10.2 Å². The summed E-state index contributed by atoms with van der Waals surface area (Å²) in [7, 11) is 0. The molecule has 1 N–H and O–H groups in total. The van der Waals surface area contributed by atoms with Crippen LogP contribution in [0.3, 0.4) is 0 Å². The SMILES string of the molecule is Cc1nnc(SCC=CC(=O)O)s1. The van der Waals surface area contributed by atoms with Crippen molar-refractivity contribution in [1.29, 1.82) is 0 Å². The molecule has 0 aliphatic carbocycles. The number of carboxylic acid groups (broad SMARTS) is 1. The molecule has 0 fully saturated rings. The molecule has 0 radical (unpaired) electrons. The summed E-state index contributed by atoms with van der Waals surface area (Å²) >= 11 is 2.98. The molecule has 70 valence electrons. The maximum absolute atomic E-state index is 10.1. The van der Waals surface area contributed by atoms with E-state index in [0.717, 1.165) is 15.4 Å². The number of hydrogen-bond donors (Lipinski definition) is 1. The van der Waals surface area contributed by atoms with E-state index in [0.29, 0.717) is 5.75 Å². The first-order valence-corrected chi connectivity index (χ1v) is 5.31. The highest BCUT2D eigenvalue weighted by Gasteiger charge is 1.98. The van der Waals surface area contributed by atoms with E-state index in [4.69, 9.17) is 5.11 Å². The van der Waals surface area contributed by atoms with Gasteiger partial charge in [-0.2, -0.15) is 0 Å². The van der Waals surface area contributed by atoms with Crippen molar-refractivity contribution in [2.75, 3.05) is 5.75 Å². The van der Waals surface area contributed by atoms with E-state index in [-0.39, 0.29) is 0 Å². The van der Waals surface area contributed by atoms with Crippen LogP contribution in [0.25, 0.3) is 0 Å². The monoisotopic (exact) mass is 216 g/mol. The summed E-state index contributed by atoms with van der Waals surface area (Å²) < 4.78 is 0.868. The van der Waals surface area contributed by atoms with Crippen LogP contribution in [0.2, 0.25) is 0 Å². The zero-order chi connectivity index (χ0) is 9.68. The zero-order valence-electron chi connectivity index (χ0n) is 6.93. The van der Waals surface area contributed by atoms with Gasteiger partial charge < -0.3 is 5.11 Å². The lowest BCUT2D eigenvalue weighted by Gasteiger charge is -1.86. The van der Waals surface area contributed by atoms with E-state index in [9.17, 15) is 4.79 Å². The van der Waals surface area contributed by atoms with E-state index >= 15 is 0 Å². The molecule has 0 saturated carbocycles. The number of aryl methyl sites for hydroxylation is 1. The fourth-order valence-electron chi connectivity index (χ4n) is 0.605. The summed E-state index contributed by atoms with van der Waals surface area (Å²) in [5.74, 6) is -0.310. The van der Waals surface area contributed by atoms with E-state index in [1.807, 2.05) is 6.92 Å². The molecule has 1 aromatic heterocycles. The maximum atomic E-state index is 10.1. The number of thioether (sulfide) groups is 1. The fraction of sp³-hybridized carbons (Fsp3) is 0.286. The quantitative estimate of drug-likeness (QED) is 0.611. The van der Waals surface area contributed by atoms with Crippen molar-refractivity contribution >= 4 is 29.1 Å². The number of nitrogens with zero attached hydrogens (tertiary/aromatic N) is 2. The lowest BCUT2D eigenvalue weighted by molar-refractivity contribution is -0.131. The molecule has 13 heavy (non-hydrogen) atoms. The summed E-state index contributed by atoms with van der Waals surface area (Å²) in [6.07, 6.45) is 2.71. The normalized spacial score (nSPS) is 10.8. The Balaban J connectivity index is 2.31. The number of carbonyl (C=O) groups is 1. The summed E-state index contributed by atoms with van der Waals surface area (Å²) in [5, 5.41) is 16.9. The summed E-state index contributed by atoms with van der Waals surface area (Å²) in [6.45, 7) is 1.88. The molecule has 4 nitrogen and oxygen atoms in total. The number of aromatic nitrogens is 2. The summed E-state index contributed by atoms with van der Waals surface area (Å²) in [5.41, 5.74) is 0. The minimum absolute atomic E-state index is 0.612. The highest BCUT2D eigenvalue weighted by molar-refractivity contribution is 8.01. The topological polar surface area (TPSA) is 63.1 Å². The minimum atomic E-state index is -0.922. The molecule has 0 aromatic carbocycles. The fourth-order valence-corrected chi connectivity index (χ4v) is 2.26. The number of carboxylic acids is 1. The molecule has 0 saturated heterocycles. The van der Waals surface area contributed by atoms with Gasteiger partial charge in [-0.1, -0.05) is 29.2 Å². The molecule has 0 aliphatic heterocycles. The summed E-state index contributed by atoms with van der Waals surface area (Å²) in [6, 6.07) is 0. The van der Waals surface area contributed by atoms with Gasteiger partial charge in [0, 0.05) is 11.8 Å². The van der Waals surface area contributed by atoms with Crippen molar-refractivity contribution < 1.29 is 9.90 Å². The number of hydrogen-bond acceptors (Lipinski definition) is 5. The van der Waals surface area contributed by atoms with Crippen LogP contribution in [-0.2, 0) is 4.79 Å². The summed E-state index contributed by atoms with van der Waals surface area (Å²) in [4.78, 5) is 10.1. The lowest BCUT2D eigenvalue weighted by atomic mass is 10.5. The molecular formula is C7H8N2O2S2. The Labute approximate surface area is 83.7 Å². The standard InChI is InChI=1S/C7H8N2O2S2/c1-5-8-9-7(13-5)12-4-2-3-6(10)11/h2-3H,4H2,1H3,(H,10,11). The number of rotatable bonds is 4. The molecule has 0 aliphatic rings. The van der Waals surface area contributed by atoms with Crippen molar-refractivity contribution in [3.63, 3.8) is 0 Å². The lowest BCUT2D eigenvalue weighted by Crippen LogP contribution is -1.86. The van der Waals surface area contributed by atoms with Gasteiger partial charge >= 0.3 is 5.97 Å². The second kappa shape index (κ2) is 4.98. The highest BCUT2D eigenvalue weighted by Crippen LogP contribution is 2.21. The molecular weight excluding hydrogens is 208 g/mol. The highest BCUT2D eigenvalue weighted by atomic mass is 32.2. The van der Waals surface area contributed by atoms with Crippen molar-refractivity contribution in [2.24, 2.45) is 0 Å². The Bertz CT molecular complexity index is 322. The van der Waals surface area contributed by atoms with Crippen LogP contribution in [0.4, 0.5) is 0 Å². The van der Waals surface area contributed by atoms with Crippen LogP contribution in [0, 0.1) is 6.92 Å². The van der Waals surface area contributed by atoms with Crippen molar-refractivity contribution in [2.45, 2.75) is 11.3 Å². The first-order valence-electron chi connectivity index (χ1n) is 3.51. The van der Waals surface area contributed by atoms with Crippen molar-refractivity contribution in [1.82, 2.24) is 10.2 Å². The Morgan fingerprint density at radius 3 is 3.00 bits per heavy atom. The average Bonchev–Trinajstić information content (AvgIpc) is 2.45. The van der Waals surface area contributed by atoms with E-state index in [1.165, 1.54) is 23.1 Å². The molecule has 0 bridgehead atoms. The van der Waals surface area contributed by atoms with Gasteiger partial charge in [-0.25, -0.2) is 4.79 Å². The van der Waals surface area contributed by atoms with Gasteiger partial charge in [-0.05, 0) is 6.92 Å². The van der Waals surface area contributed by atoms with E-state index in [2.05, 4.69) is 10.2 Å². The van der Waals surface area contributed by atoms with Gasteiger partial charge in [0.1, 0.15) is 5.01 Å². The molecule has 0 amide bonds. The Hall–Kier alpha value is -0.880. The Morgan fingerprint density at radius 1 is 1.69 bits per heavy atom. The predicted molar refractivity (Wildman–Crippen MR) is 52.1 cm³/mol. The van der Waals surface area contributed by atoms with Crippen LogP contribution in [0.1, 0.15) is 5.01 Å².